The van der Waals surface area contributed by atoms with E-state index in [-0.39, 0.29) is 28.3 Å². The van der Waals surface area contributed by atoms with E-state index in [4.69, 9.17) is 13.6 Å². The van der Waals surface area contributed by atoms with E-state index in [0.29, 0.717) is 6.61 Å². The van der Waals surface area contributed by atoms with E-state index in [1.165, 1.54) is 11.6 Å². The van der Waals surface area contributed by atoms with Crippen molar-refractivity contribution in [1.82, 2.24) is 0 Å². The van der Waals surface area contributed by atoms with Crippen LogP contribution in [0.1, 0.15) is 89.0 Å². The standard InChI is InChI=1S/C31H58O4Si2/c1-16-33-29(32)20-18-25(3)22-26(4)21-24(2)17-19-28(35-37(14,15)31(9,10)11)23-27(5)34-36(12,13)30(6,7)8/h17-18,20-22,27-28H,16,19,23H2,1-15H3/b20-18+,24-17+,25-22+,26-21+/t27-,28+/m0/s1. The zero-order valence-corrected chi connectivity index (χ0v) is 28.8. The summed E-state index contributed by atoms with van der Waals surface area (Å²) in [5, 5.41) is 0.344. The molecule has 0 fully saturated rings. The van der Waals surface area contributed by atoms with Crippen LogP contribution in [0.25, 0.3) is 0 Å². The molecule has 0 amide bonds. The van der Waals surface area contributed by atoms with Crippen molar-refractivity contribution in [2.24, 2.45) is 0 Å². The van der Waals surface area contributed by atoms with Gasteiger partial charge in [0, 0.05) is 12.2 Å². The minimum absolute atomic E-state index is 0.120. The summed E-state index contributed by atoms with van der Waals surface area (Å²) >= 11 is 0. The summed E-state index contributed by atoms with van der Waals surface area (Å²) in [5.41, 5.74) is 3.35. The topological polar surface area (TPSA) is 44.8 Å². The number of ether oxygens (including phenoxy) is 1. The molecule has 2 atom stereocenters. The van der Waals surface area contributed by atoms with Crippen LogP contribution in [0.3, 0.4) is 0 Å². The molecule has 0 aliphatic rings. The van der Waals surface area contributed by atoms with Crippen molar-refractivity contribution in [1.29, 1.82) is 0 Å². The van der Waals surface area contributed by atoms with E-state index in [0.717, 1.165) is 24.0 Å². The lowest BCUT2D eigenvalue weighted by atomic mass is 10.1. The van der Waals surface area contributed by atoms with Gasteiger partial charge in [-0.25, -0.2) is 4.79 Å². The zero-order chi connectivity index (χ0) is 29.2. The maximum Gasteiger partial charge on any atom is 0.330 e. The van der Waals surface area contributed by atoms with Gasteiger partial charge in [-0.05, 0) is 83.7 Å². The van der Waals surface area contributed by atoms with Crippen LogP contribution in [-0.2, 0) is 18.4 Å². The zero-order valence-electron chi connectivity index (χ0n) is 26.8. The third-order valence-electron chi connectivity index (χ3n) is 7.55. The van der Waals surface area contributed by atoms with E-state index >= 15 is 0 Å². The number of allylic oxidation sites excluding steroid dienone is 6. The van der Waals surface area contributed by atoms with Crippen LogP contribution in [0.15, 0.2) is 47.1 Å². The maximum atomic E-state index is 11.5. The maximum absolute atomic E-state index is 11.5. The van der Waals surface area contributed by atoms with Gasteiger partial charge < -0.3 is 13.6 Å². The highest BCUT2D eigenvalue weighted by Crippen LogP contribution is 2.40. The molecule has 4 nitrogen and oxygen atoms in total. The van der Waals surface area contributed by atoms with Crippen LogP contribution in [0.2, 0.25) is 36.3 Å². The molecule has 0 bridgehead atoms. The van der Waals surface area contributed by atoms with Gasteiger partial charge in [-0.1, -0.05) is 82.6 Å². The largest absolute Gasteiger partial charge is 0.463 e. The second-order valence-electron chi connectivity index (χ2n) is 13.5. The molecule has 0 aliphatic carbocycles. The normalized spacial score (nSPS) is 16.8. The molecular weight excluding hydrogens is 493 g/mol. The van der Waals surface area contributed by atoms with Gasteiger partial charge in [0.1, 0.15) is 0 Å². The average Bonchev–Trinajstić information content (AvgIpc) is 2.68. The van der Waals surface area contributed by atoms with Gasteiger partial charge in [0.25, 0.3) is 0 Å². The molecule has 0 aliphatic heterocycles. The summed E-state index contributed by atoms with van der Waals surface area (Å²) in [5.74, 6) is -0.313. The molecule has 0 N–H and O–H groups in total. The molecule has 37 heavy (non-hydrogen) atoms. The summed E-state index contributed by atoms with van der Waals surface area (Å²) in [6, 6.07) is 0. The fraction of sp³-hybridized carbons (Fsp3) is 0.710. The Morgan fingerprint density at radius 3 is 1.76 bits per heavy atom. The SMILES string of the molecule is CCOC(=O)/C=C/C(C)=C/C(C)=C/C(C)=C/C[C@H](C[C@H](C)O[Si](C)(C)C(C)(C)C)O[Si](C)(C)C(C)(C)C. The Balaban J connectivity index is 5.66. The van der Waals surface area contributed by atoms with E-state index in [1.54, 1.807) is 13.0 Å². The number of carbonyl (C=O) groups excluding carboxylic acids is 1. The molecule has 0 aromatic heterocycles. The lowest BCUT2D eigenvalue weighted by Gasteiger charge is -2.42. The highest BCUT2D eigenvalue weighted by molar-refractivity contribution is 6.74. The summed E-state index contributed by atoms with van der Waals surface area (Å²) in [6.07, 6.45) is 11.8. The number of hydrogen-bond acceptors (Lipinski definition) is 4. The molecule has 0 saturated carbocycles. The Bertz CT molecular complexity index is 849. The second-order valence-corrected chi connectivity index (χ2v) is 23.0. The monoisotopic (exact) mass is 550 g/mol. The van der Waals surface area contributed by atoms with Gasteiger partial charge in [0.15, 0.2) is 16.6 Å². The molecule has 0 spiro atoms. The van der Waals surface area contributed by atoms with Crippen molar-refractivity contribution >= 4 is 22.6 Å². The predicted octanol–water partition coefficient (Wildman–Crippen LogP) is 9.53. The Morgan fingerprint density at radius 1 is 0.784 bits per heavy atom. The van der Waals surface area contributed by atoms with Crippen molar-refractivity contribution in [3.8, 4) is 0 Å². The first-order valence-electron chi connectivity index (χ1n) is 13.8. The summed E-state index contributed by atoms with van der Waals surface area (Å²) in [4.78, 5) is 11.5. The summed E-state index contributed by atoms with van der Waals surface area (Å²) in [6.45, 7) is 33.7. The van der Waals surface area contributed by atoms with Crippen molar-refractivity contribution in [2.45, 2.75) is 137 Å². The van der Waals surface area contributed by atoms with Crippen LogP contribution in [-0.4, -0.2) is 41.4 Å². The molecule has 0 aromatic rings. The van der Waals surface area contributed by atoms with Gasteiger partial charge in [0.05, 0.1) is 12.7 Å². The average molecular weight is 551 g/mol. The lowest BCUT2D eigenvalue weighted by molar-refractivity contribution is -0.137. The lowest BCUT2D eigenvalue weighted by Crippen LogP contribution is -2.46. The van der Waals surface area contributed by atoms with Crippen molar-refractivity contribution in [3.63, 3.8) is 0 Å². The van der Waals surface area contributed by atoms with Crippen molar-refractivity contribution < 1.29 is 18.4 Å². The molecular formula is C31H58O4Si2. The van der Waals surface area contributed by atoms with Crippen LogP contribution in [0.5, 0.6) is 0 Å². The molecule has 0 aromatic carbocycles. The van der Waals surface area contributed by atoms with E-state index in [1.807, 2.05) is 6.92 Å². The van der Waals surface area contributed by atoms with Gasteiger partial charge in [-0.15, -0.1) is 0 Å². The highest BCUT2D eigenvalue weighted by Gasteiger charge is 2.41. The van der Waals surface area contributed by atoms with Crippen molar-refractivity contribution in [3.05, 3.63) is 47.1 Å². The quantitative estimate of drug-likeness (QED) is 0.0991. The molecule has 0 unspecified atom stereocenters. The third-order valence-corrected chi connectivity index (χ3v) is 16.7. The first-order chi connectivity index (χ1) is 16.6. The highest BCUT2D eigenvalue weighted by atomic mass is 28.4. The van der Waals surface area contributed by atoms with Crippen LogP contribution >= 0.6 is 0 Å². The predicted molar refractivity (Wildman–Crippen MR) is 166 cm³/mol. The third kappa shape index (κ3) is 13.9. The van der Waals surface area contributed by atoms with Gasteiger partial charge in [-0.3, -0.25) is 0 Å². The van der Waals surface area contributed by atoms with E-state index in [9.17, 15) is 4.79 Å². The molecule has 0 radical (unpaired) electrons. The first-order valence-corrected chi connectivity index (χ1v) is 19.7. The van der Waals surface area contributed by atoms with Gasteiger partial charge >= 0.3 is 5.97 Å². The number of hydrogen-bond donors (Lipinski definition) is 0. The van der Waals surface area contributed by atoms with E-state index in [2.05, 4.69) is 107 Å². The number of esters is 1. The Morgan fingerprint density at radius 2 is 1.27 bits per heavy atom. The fourth-order valence-corrected chi connectivity index (χ4v) is 6.29. The minimum Gasteiger partial charge on any atom is -0.463 e. The smallest absolute Gasteiger partial charge is 0.330 e. The van der Waals surface area contributed by atoms with Crippen LogP contribution in [0, 0.1) is 0 Å². The molecule has 0 rings (SSSR count). The van der Waals surface area contributed by atoms with Crippen LogP contribution in [0.4, 0.5) is 0 Å². The summed E-state index contributed by atoms with van der Waals surface area (Å²) < 4.78 is 18.6. The fourth-order valence-electron chi connectivity index (χ4n) is 3.46. The second kappa shape index (κ2) is 14.8. The molecule has 0 saturated heterocycles. The number of rotatable bonds is 13. The molecule has 0 heterocycles. The van der Waals surface area contributed by atoms with Crippen molar-refractivity contribution in [2.75, 3.05) is 6.61 Å². The van der Waals surface area contributed by atoms with Crippen LogP contribution < -0.4 is 0 Å². The minimum atomic E-state index is -1.92. The Hall–Kier alpha value is -1.22. The summed E-state index contributed by atoms with van der Waals surface area (Å²) in [7, 11) is -3.77. The van der Waals surface area contributed by atoms with Gasteiger partial charge in [0.2, 0.25) is 0 Å². The molecule has 6 heteroatoms. The Labute approximate surface area is 231 Å². The van der Waals surface area contributed by atoms with Gasteiger partial charge in [-0.2, -0.15) is 0 Å². The first kappa shape index (κ1) is 35.8. The van der Waals surface area contributed by atoms with E-state index < -0.39 is 16.6 Å². The Kier molecular flexibility index (Phi) is 14.3. The molecule has 214 valence electrons. The number of carbonyl (C=O) groups is 1.